The summed E-state index contributed by atoms with van der Waals surface area (Å²) in [5, 5.41) is 6.73. The molecule has 2 aromatic carbocycles. The molecule has 2 aliphatic rings. The number of fused-ring (bicyclic) bond motifs is 2. The molecule has 4 heteroatoms. The first-order valence-corrected chi connectivity index (χ1v) is 9.95. The number of hydrogen-bond acceptors (Lipinski definition) is 3. The van der Waals surface area contributed by atoms with E-state index < -0.39 is 0 Å². The van der Waals surface area contributed by atoms with Crippen LogP contribution in [0.5, 0.6) is 5.75 Å². The average molecular weight is 364 g/mol. The number of ether oxygens (including phenoxy) is 1. The van der Waals surface area contributed by atoms with Crippen molar-refractivity contribution in [3.8, 4) is 16.9 Å². The Morgan fingerprint density at radius 1 is 1.00 bits per heavy atom. The van der Waals surface area contributed by atoms with E-state index in [4.69, 9.17) is 4.74 Å². The van der Waals surface area contributed by atoms with Crippen molar-refractivity contribution in [2.24, 2.45) is 5.92 Å². The molecule has 0 radical (unpaired) electrons. The molecule has 0 saturated carbocycles. The van der Waals surface area contributed by atoms with Crippen LogP contribution in [0.1, 0.15) is 37.7 Å². The molecule has 0 aromatic heterocycles. The summed E-state index contributed by atoms with van der Waals surface area (Å²) in [6.07, 6.45) is 5.53. The largest absolute Gasteiger partial charge is 0.497 e. The molecule has 2 aliphatic heterocycles. The topological polar surface area (TPSA) is 50.4 Å². The van der Waals surface area contributed by atoms with Gasteiger partial charge in [-0.25, -0.2) is 0 Å². The van der Waals surface area contributed by atoms with Crippen molar-refractivity contribution in [1.29, 1.82) is 0 Å². The van der Waals surface area contributed by atoms with Gasteiger partial charge in [0.1, 0.15) is 5.75 Å². The highest BCUT2D eigenvalue weighted by Crippen LogP contribution is 2.32. The molecule has 0 spiro atoms. The van der Waals surface area contributed by atoms with Gasteiger partial charge in [-0.1, -0.05) is 36.4 Å². The first-order chi connectivity index (χ1) is 13.2. The predicted octanol–water partition coefficient (Wildman–Crippen LogP) is 3.90. The number of carbonyl (C=O) groups excluding carboxylic acids is 1. The number of methoxy groups -OCH3 is 1. The minimum atomic E-state index is 0.181. The van der Waals surface area contributed by atoms with Gasteiger partial charge in [0.05, 0.1) is 7.11 Å². The van der Waals surface area contributed by atoms with Gasteiger partial charge in [-0.2, -0.15) is 0 Å². The maximum absolute atomic E-state index is 12.3. The summed E-state index contributed by atoms with van der Waals surface area (Å²) in [6.45, 7) is 0.597. The number of nitrogens with one attached hydrogen (secondary N) is 2. The zero-order valence-electron chi connectivity index (χ0n) is 15.9. The van der Waals surface area contributed by atoms with Crippen LogP contribution in [0.3, 0.4) is 0 Å². The Labute approximate surface area is 161 Å². The van der Waals surface area contributed by atoms with E-state index in [9.17, 15) is 4.79 Å². The lowest BCUT2D eigenvalue weighted by molar-refractivity contribution is -0.122. The van der Waals surface area contributed by atoms with Crippen LogP contribution in [-0.2, 0) is 11.3 Å². The first-order valence-electron chi connectivity index (χ1n) is 9.95. The van der Waals surface area contributed by atoms with Crippen LogP contribution in [0.2, 0.25) is 0 Å². The smallest absolute Gasteiger partial charge is 0.220 e. The fraction of sp³-hybridized carbons (Fsp3) is 0.435. The number of benzene rings is 2. The van der Waals surface area contributed by atoms with E-state index in [-0.39, 0.29) is 5.91 Å². The monoisotopic (exact) mass is 364 g/mol. The second-order valence-electron chi connectivity index (χ2n) is 7.88. The SMILES string of the molecule is COc1ccc(-c2ccc(CNC(=O)CC3CC4CCC(C3)N4)cc2)cc1. The van der Waals surface area contributed by atoms with Crippen LogP contribution in [0.4, 0.5) is 0 Å². The van der Waals surface area contributed by atoms with E-state index in [2.05, 4.69) is 47.0 Å². The molecule has 142 valence electrons. The van der Waals surface area contributed by atoms with Crippen LogP contribution in [0.25, 0.3) is 11.1 Å². The van der Waals surface area contributed by atoms with Gasteiger partial charge in [-0.15, -0.1) is 0 Å². The number of piperidine rings is 1. The molecular formula is C23H28N2O2. The van der Waals surface area contributed by atoms with Crippen molar-refractivity contribution in [1.82, 2.24) is 10.6 Å². The van der Waals surface area contributed by atoms with Crippen molar-refractivity contribution in [2.75, 3.05) is 7.11 Å². The quantitative estimate of drug-likeness (QED) is 0.817. The van der Waals surface area contributed by atoms with Crippen LogP contribution in [0, 0.1) is 5.92 Å². The maximum Gasteiger partial charge on any atom is 0.220 e. The molecule has 2 atom stereocenters. The molecule has 2 saturated heterocycles. The van der Waals surface area contributed by atoms with Gasteiger partial charge in [0.2, 0.25) is 5.91 Å². The number of rotatable bonds is 6. The van der Waals surface area contributed by atoms with Gasteiger partial charge < -0.3 is 15.4 Å². The minimum absolute atomic E-state index is 0.181. The molecule has 4 nitrogen and oxygen atoms in total. The Balaban J connectivity index is 1.27. The Bertz CT molecular complexity index is 758. The number of carbonyl (C=O) groups is 1. The summed E-state index contributed by atoms with van der Waals surface area (Å²) < 4.78 is 5.20. The molecule has 2 unspecified atom stereocenters. The van der Waals surface area contributed by atoms with Crippen LogP contribution in [0.15, 0.2) is 48.5 Å². The summed E-state index contributed by atoms with van der Waals surface area (Å²) in [6, 6.07) is 17.7. The van der Waals surface area contributed by atoms with Gasteiger partial charge in [-0.3, -0.25) is 4.79 Å². The van der Waals surface area contributed by atoms with E-state index in [1.54, 1.807) is 7.11 Å². The Morgan fingerprint density at radius 2 is 1.59 bits per heavy atom. The highest BCUT2D eigenvalue weighted by molar-refractivity contribution is 5.76. The van der Waals surface area contributed by atoms with E-state index >= 15 is 0 Å². The maximum atomic E-state index is 12.3. The van der Waals surface area contributed by atoms with Gasteiger partial charge in [-0.05, 0) is 60.4 Å². The third-order valence-electron chi connectivity index (χ3n) is 5.91. The number of hydrogen-bond donors (Lipinski definition) is 2. The Kier molecular flexibility index (Phi) is 5.44. The summed E-state index contributed by atoms with van der Waals surface area (Å²) in [7, 11) is 1.67. The summed E-state index contributed by atoms with van der Waals surface area (Å²) >= 11 is 0. The molecular weight excluding hydrogens is 336 g/mol. The van der Waals surface area contributed by atoms with Crippen LogP contribution < -0.4 is 15.4 Å². The third-order valence-corrected chi connectivity index (χ3v) is 5.91. The van der Waals surface area contributed by atoms with E-state index in [1.807, 2.05) is 12.1 Å². The highest BCUT2D eigenvalue weighted by atomic mass is 16.5. The van der Waals surface area contributed by atoms with Gasteiger partial charge in [0.25, 0.3) is 0 Å². The van der Waals surface area contributed by atoms with Crippen molar-refractivity contribution >= 4 is 5.91 Å². The van der Waals surface area contributed by atoms with Gasteiger partial charge in [0.15, 0.2) is 0 Å². The minimum Gasteiger partial charge on any atom is -0.497 e. The molecule has 4 rings (SSSR count). The Hall–Kier alpha value is -2.33. The van der Waals surface area contributed by atoms with E-state index in [0.29, 0.717) is 31.0 Å². The van der Waals surface area contributed by atoms with Crippen molar-refractivity contribution in [3.63, 3.8) is 0 Å². The van der Waals surface area contributed by atoms with Crippen molar-refractivity contribution in [2.45, 2.75) is 50.7 Å². The zero-order chi connectivity index (χ0) is 18.6. The standard InChI is InChI=1S/C23H28N2O2/c1-27-22-10-6-19(7-11-22)18-4-2-16(3-5-18)15-24-23(26)14-17-12-20-8-9-21(13-17)25-20/h2-7,10-11,17,20-21,25H,8-9,12-15H2,1H3,(H,24,26). The van der Waals surface area contributed by atoms with Crippen molar-refractivity contribution < 1.29 is 9.53 Å². The lowest BCUT2D eigenvalue weighted by Crippen LogP contribution is -2.39. The molecule has 2 aromatic rings. The van der Waals surface area contributed by atoms with Gasteiger partial charge in [0, 0.05) is 25.0 Å². The van der Waals surface area contributed by atoms with Gasteiger partial charge >= 0.3 is 0 Å². The van der Waals surface area contributed by atoms with E-state index in [1.165, 1.54) is 12.8 Å². The Morgan fingerprint density at radius 3 is 2.19 bits per heavy atom. The second-order valence-corrected chi connectivity index (χ2v) is 7.88. The van der Waals surface area contributed by atoms with E-state index in [0.717, 1.165) is 35.3 Å². The lowest BCUT2D eigenvalue weighted by atomic mass is 9.89. The summed E-state index contributed by atoms with van der Waals surface area (Å²) in [5.41, 5.74) is 3.45. The molecule has 1 amide bonds. The third kappa shape index (κ3) is 4.51. The molecule has 0 aliphatic carbocycles. The lowest BCUT2D eigenvalue weighted by Gasteiger charge is -2.28. The number of amides is 1. The molecule has 27 heavy (non-hydrogen) atoms. The molecule has 2 heterocycles. The van der Waals surface area contributed by atoms with Crippen LogP contribution >= 0.6 is 0 Å². The summed E-state index contributed by atoms with van der Waals surface area (Å²) in [5.74, 6) is 1.58. The summed E-state index contributed by atoms with van der Waals surface area (Å²) in [4.78, 5) is 12.3. The second kappa shape index (κ2) is 8.13. The highest BCUT2D eigenvalue weighted by Gasteiger charge is 2.34. The predicted molar refractivity (Wildman–Crippen MR) is 108 cm³/mol. The molecule has 2 N–H and O–H groups in total. The fourth-order valence-corrected chi connectivity index (χ4v) is 4.48. The average Bonchev–Trinajstić information content (AvgIpc) is 3.05. The molecule has 2 bridgehead atoms. The normalized spacial score (nSPS) is 23.8. The first kappa shape index (κ1) is 18.1. The fourth-order valence-electron chi connectivity index (χ4n) is 4.48. The zero-order valence-corrected chi connectivity index (χ0v) is 15.9. The van der Waals surface area contributed by atoms with Crippen molar-refractivity contribution in [3.05, 3.63) is 54.1 Å². The van der Waals surface area contributed by atoms with Crippen LogP contribution in [-0.4, -0.2) is 25.1 Å². The molecule has 2 fully saturated rings.